The van der Waals surface area contributed by atoms with E-state index in [1.165, 1.54) is 5.56 Å². The molecule has 0 unspecified atom stereocenters. The van der Waals surface area contributed by atoms with E-state index in [0.29, 0.717) is 5.03 Å². The topological polar surface area (TPSA) is 0 Å². The average Bonchev–Trinajstić information content (AvgIpc) is 2.04. The molecule has 0 fully saturated rings. The molecule has 0 nitrogen and oxygen atoms in total. The van der Waals surface area contributed by atoms with E-state index in [-0.39, 0.29) is 0 Å². The van der Waals surface area contributed by atoms with Gasteiger partial charge < -0.3 is 0 Å². The first-order valence-corrected chi connectivity index (χ1v) is 4.11. The van der Waals surface area contributed by atoms with Gasteiger partial charge in [0.05, 0.1) is 0 Å². The zero-order valence-electron chi connectivity index (χ0n) is 7.10. The Balaban J connectivity index is 3.30. The van der Waals surface area contributed by atoms with Gasteiger partial charge in [-0.1, -0.05) is 48.5 Å². The highest BCUT2D eigenvalue weighted by Gasteiger charge is 2.00. The van der Waals surface area contributed by atoms with Crippen molar-refractivity contribution in [3.8, 4) is 0 Å². The van der Waals surface area contributed by atoms with Crippen LogP contribution in [0.3, 0.4) is 0 Å². The molecule has 1 heteroatoms. The van der Waals surface area contributed by atoms with Gasteiger partial charge in [0.1, 0.15) is 0 Å². The predicted molar refractivity (Wildman–Crippen MR) is 56.2 cm³/mol. The first-order chi connectivity index (χ1) is 5.65. The lowest BCUT2D eigenvalue weighted by atomic mass is 10.0. The van der Waals surface area contributed by atoms with Crippen molar-refractivity contribution in [2.45, 2.75) is 6.92 Å². The fourth-order valence-electron chi connectivity index (χ4n) is 1.08. The second kappa shape index (κ2) is 3.59. The van der Waals surface area contributed by atoms with Crippen molar-refractivity contribution in [2.75, 3.05) is 0 Å². The summed E-state index contributed by atoms with van der Waals surface area (Å²) in [4.78, 5) is 0. The van der Waals surface area contributed by atoms with Crippen LogP contribution in [0, 0.1) is 6.92 Å². The molecule has 0 aliphatic rings. The molecule has 0 heterocycles. The molecule has 0 saturated heterocycles. The Bertz CT molecular complexity index is 324. The van der Waals surface area contributed by atoms with Crippen molar-refractivity contribution in [2.24, 2.45) is 0 Å². The van der Waals surface area contributed by atoms with Gasteiger partial charge in [0.25, 0.3) is 0 Å². The first-order valence-electron chi connectivity index (χ1n) is 3.73. The van der Waals surface area contributed by atoms with Crippen molar-refractivity contribution >= 4 is 22.7 Å². The Morgan fingerprint density at radius 1 is 1.50 bits per heavy atom. The Labute approximate surface area is 78.2 Å². The summed E-state index contributed by atoms with van der Waals surface area (Å²) in [5, 5.41) is 0.564. The van der Waals surface area contributed by atoms with Crippen LogP contribution in [0.5, 0.6) is 0 Å². The molecule has 0 aliphatic carbocycles. The summed E-state index contributed by atoms with van der Waals surface area (Å²) in [5.74, 6) is 0. The standard InChI is InChI=1S/C11H11Cl/c1-4-10-6-5-8(2)7-11(10)9(3)12/h4-7H,1,3H2,2H3. The normalized spacial score (nSPS) is 9.50. The Kier molecular flexibility index (Phi) is 2.72. The van der Waals surface area contributed by atoms with Gasteiger partial charge in [0, 0.05) is 5.03 Å². The van der Waals surface area contributed by atoms with Gasteiger partial charge in [0.2, 0.25) is 0 Å². The minimum Gasteiger partial charge on any atom is -0.0984 e. The maximum atomic E-state index is 5.82. The summed E-state index contributed by atoms with van der Waals surface area (Å²) in [7, 11) is 0. The average molecular weight is 179 g/mol. The van der Waals surface area contributed by atoms with Gasteiger partial charge in [0.15, 0.2) is 0 Å². The number of benzene rings is 1. The maximum absolute atomic E-state index is 5.82. The minimum atomic E-state index is 0.564. The molecular formula is C11H11Cl. The maximum Gasteiger partial charge on any atom is 0.0412 e. The summed E-state index contributed by atoms with van der Waals surface area (Å²) in [6.45, 7) is 9.42. The number of rotatable bonds is 2. The van der Waals surface area contributed by atoms with E-state index in [1.54, 1.807) is 6.08 Å². The lowest BCUT2D eigenvalue weighted by Gasteiger charge is -2.04. The molecule has 0 atom stereocenters. The number of hydrogen-bond acceptors (Lipinski definition) is 0. The van der Waals surface area contributed by atoms with Crippen LogP contribution < -0.4 is 0 Å². The third-order valence-electron chi connectivity index (χ3n) is 1.72. The van der Waals surface area contributed by atoms with Gasteiger partial charge >= 0.3 is 0 Å². The van der Waals surface area contributed by atoms with E-state index < -0.39 is 0 Å². The molecule has 0 aliphatic heterocycles. The third-order valence-corrected chi connectivity index (χ3v) is 1.92. The lowest BCUT2D eigenvalue weighted by molar-refractivity contribution is 1.44. The molecule has 1 aromatic rings. The van der Waals surface area contributed by atoms with E-state index in [9.17, 15) is 0 Å². The molecule has 0 bridgehead atoms. The van der Waals surface area contributed by atoms with E-state index >= 15 is 0 Å². The molecule has 0 spiro atoms. The van der Waals surface area contributed by atoms with Gasteiger partial charge in [-0.3, -0.25) is 0 Å². The summed E-state index contributed by atoms with van der Waals surface area (Å²) < 4.78 is 0. The van der Waals surface area contributed by atoms with Crippen LogP contribution in [0.2, 0.25) is 0 Å². The summed E-state index contributed by atoms with van der Waals surface area (Å²) in [5.41, 5.74) is 3.17. The van der Waals surface area contributed by atoms with E-state index in [1.807, 2.05) is 25.1 Å². The second-order valence-corrected chi connectivity index (χ2v) is 3.16. The highest BCUT2D eigenvalue weighted by molar-refractivity contribution is 6.48. The molecule has 0 N–H and O–H groups in total. The van der Waals surface area contributed by atoms with Gasteiger partial charge in [-0.25, -0.2) is 0 Å². The van der Waals surface area contributed by atoms with Crippen LogP contribution in [-0.2, 0) is 0 Å². The van der Waals surface area contributed by atoms with Crippen LogP contribution in [-0.4, -0.2) is 0 Å². The summed E-state index contributed by atoms with van der Waals surface area (Å²) in [6, 6.07) is 6.03. The Morgan fingerprint density at radius 3 is 2.67 bits per heavy atom. The van der Waals surface area contributed by atoms with Crippen LogP contribution in [0.15, 0.2) is 31.4 Å². The minimum absolute atomic E-state index is 0.564. The van der Waals surface area contributed by atoms with E-state index in [0.717, 1.165) is 11.1 Å². The molecule has 12 heavy (non-hydrogen) atoms. The van der Waals surface area contributed by atoms with Crippen molar-refractivity contribution < 1.29 is 0 Å². The van der Waals surface area contributed by atoms with Crippen molar-refractivity contribution in [1.29, 1.82) is 0 Å². The van der Waals surface area contributed by atoms with Gasteiger partial charge in [-0.2, -0.15) is 0 Å². The van der Waals surface area contributed by atoms with Crippen LogP contribution in [0.1, 0.15) is 16.7 Å². The number of halogens is 1. The van der Waals surface area contributed by atoms with Crippen LogP contribution >= 0.6 is 11.6 Å². The largest absolute Gasteiger partial charge is 0.0984 e. The van der Waals surface area contributed by atoms with Gasteiger partial charge in [-0.15, -0.1) is 0 Å². The molecular weight excluding hydrogens is 168 g/mol. The van der Waals surface area contributed by atoms with Crippen LogP contribution in [0.25, 0.3) is 11.1 Å². The monoisotopic (exact) mass is 178 g/mol. The van der Waals surface area contributed by atoms with Gasteiger partial charge in [-0.05, 0) is 24.1 Å². The molecule has 0 aromatic heterocycles. The fraction of sp³-hybridized carbons (Fsp3) is 0.0909. The van der Waals surface area contributed by atoms with E-state index in [4.69, 9.17) is 11.6 Å². The Morgan fingerprint density at radius 2 is 2.17 bits per heavy atom. The molecule has 62 valence electrons. The molecule has 0 amide bonds. The third kappa shape index (κ3) is 1.77. The predicted octanol–water partition coefficient (Wildman–Crippen LogP) is 3.85. The first kappa shape index (κ1) is 9.08. The summed E-state index contributed by atoms with van der Waals surface area (Å²) in [6.07, 6.45) is 1.78. The van der Waals surface area contributed by atoms with Crippen molar-refractivity contribution in [1.82, 2.24) is 0 Å². The zero-order chi connectivity index (χ0) is 9.14. The molecule has 1 aromatic carbocycles. The SMILES string of the molecule is C=Cc1ccc(C)cc1C(=C)Cl. The summed E-state index contributed by atoms with van der Waals surface area (Å²) >= 11 is 5.82. The second-order valence-electron chi connectivity index (χ2n) is 2.70. The quantitative estimate of drug-likeness (QED) is 0.646. The Hall–Kier alpha value is -1.01. The highest BCUT2D eigenvalue weighted by Crippen LogP contribution is 2.22. The highest BCUT2D eigenvalue weighted by atomic mass is 35.5. The number of aryl methyl sites for hydroxylation is 1. The zero-order valence-corrected chi connectivity index (χ0v) is 7.86. The number of hydrogen-bond donors (Lipinski definition) is 0. The van der Waals surface area contributed by atoms with Crippen molar-refractivity contribution in [3.05, 3.63) is 48.0 Å². The smallest absolute Gasteiger partial charge is 0.0412 e. The molecule has 0 radical (unpaired) electrons. The fourth-order valence-corrected chi connectivity index (χ4v) is 1.25. The van der Waals surface area contributed by atoms with Crippen molar-refractivity contribution in [3.63, 3.8) is 0 Å². The molecule has 0 saturated carbocycles. The van der Waals surface area contributed by atoms with Crippen LogP contribution in [0.4, 0.5) is 0 Å². The van der Waals surface area contributed by atoms with E-state index in [2.05, 4.69) is 13.2 Å². The lowest BCUT2D eigenvalue weighted by Crippen LogP contribution is -1.84. The molecule has 1 rings (SSSR count).